The number of thiocarbonyl (C=S) groups is 1. The van der Waals surface area contributed by atoms with E-state index in [4.69, 9.17) is 18.8 Å². The maximum absolute atomic E-state index is 15.1. The number of carbonyl (C=O) groups is 2. The van der Waals surface area contributed by atoms with Crippen LogP contribution in [-0.2, 0) is 4.79 Å². The normalized spacial score (nSPS) is 16.2. The summed E-state index contributed by atoms with van der Waals surface area (Å²) in [6, 6.07) is 10.9. The van der Waals surface area contributed by atoms with Gasteiger partial charge < -0.3 is 15.1 Å². The number of nitrogens with one attached hydrogen (secondary N) is 1. The molecule has 1 aromatic heterocycles. The molecule has 7 nitrogen and oxygen atoms in total. The highest BCUT2D eigenvalue weighted by Crippen LogP contribution is 2.48. The minimum atomic E-state index is -0.937. The summed E-state index contributed by atoms with van der Waals surface area (Å²) in [5.41, 5.74) is 0.602. The van der Waals surface area contributed by atoms with Crippen molar-refractivity contribution in [3.63, 3.8) is 0 Å². The molecule has 2 fully saturated rings. The number of aromatic nitrogens is 1. The Hall–Kier alpha value is -4.23. The first-order chi connectivity index (χ1) is 17.2. The monoisotopic (exact) mass is 503 g/mol. The zero-order chi connectivity index (χ0) is 25.6. The van der Waals surface area contributed by atoms with Crippen molar-refractivity contribution in [3.8, 4) is 0 Å². The summed E-state index contributed by atoms with van der Waals surface area (Å²) in [5.74, 6) is -1.91. The standard InChI is InChI=1S/C26H19F2N5O2S/c1-15-12-19(14-30-22(15)29-2)32-24(35)26(10-3-11-26)33(25(32)36)18-8-9-20(21(28)13-18)23(34)31-17-6-4-16(27)5-7-17/h4-9,12-14H,3,10-11H2,1H3,(H,31,34). The van der Waals surface area contributed by atoms with Crippen molar-refractivity contribution in [2.75, 3.05) is 15.1 Å². The lowest BCUT2D eigenvalue weighted by Gasteiger charge is -2.43. The van der Waals surface area contributed by atoms with E-state index in [0.29, 0.717) is 35.5 Å². The van der Waals surface area contributed by atoms with Gasteiger partial charge in [0.05, 0.1) is 11.3 Å². The van der Waals surface area contributed by atoms with Crippen molar-refractivity contribution in [2.24, 2.45) is 0 Å². The highest BCUT2D eigenvalue weighted by atomic mass is 32.1. The molecule has 1 saturated heterocycles. The molecule has 1 saturated carbocycles. The Labute approximate surface area is 211 Å². The maximum atomic E-state index is 15.1. The van der Waals surface area contributed by atoms with Gasteiger partial charge in [-0.25, -0.2) is 8.78 Å². The molecular formula is C26H19F2N5O2S. The number of nitrogens with zero attached hydrogens (tertiary/aromatic N) is 4. The van der Waals surface area contributed by atoms with Gasteiger partial charge in [-0.05, 0) is 92.5 Å². The number of amides is 2. The highest BCUT2D eigenvalue weighted by molar-refractivity contribution is 7.81. The summed E-state index contributed by atoms with van der Waals surface area (Å²) < 4.78 is 28.3. The molecule has 2 aromatic carbocycles. The summed E-state index contributed by atoms with van der Waals surface area (Å²) in [4.78, 5) is 36.7. The predicted octanol–water partition coefficient (Wildman–Crippen LogP) is 5.53. The first-order valence-corrected chi connectivity index (χ1v) is 11.6. The Kier molecular flexibility index (Phi) is 5.73. The summed E-state index contributed by atoms with van der Waals surface area (Å²) in [7, 11) is 0. The number of aryl methyl sites for hydroxylation is 1. The van der Waals surface area contributed by atoms with Crippen molar-refractivity contribution in [1.29, 1.82) is 0 Å². The van der Waals surface area contributed by atoms with Gasteiger partial charge >= 0.3 is 0 Å². The number of pyridine rings is 1. The van der Waals surface area contributed by atoms with Crippen LogP contribution >= 0.6 is 12.2 Å². The van der Waals surface area contributed by atoms with Crippen molar-refractivity contribution < 1.29 is 18.4 Å². The topological polar surface area (TPSA) is 69.9 Å². The second-order valence-corrected chi connectivity index (χ2v) is 9.08. The molecule has 0 radical (unpaired) electrons. The predicted molar refractivity (Wildman–Crippen MR) is 135 cm³/mol. The second kappa shape index (κ2) is 8.77. The number of carbonyl (C=O) groups excluding carboxylic acids is 2. The first kappa shape index (κ1) is 23.5. The maximum Gasteiger partial charge on any atom is 0.272 e. The van der Waals surface area contributed by atoms with Crippen LogP contribution in [0.5, 0.6) is 0 Å². The third kappa shape index (κ3) is 3.69. The SMILES string of the molecule is [C-]#[N+]c1ncc(N2C(=O)C3(CCC3)N(c3ccc(C(=O)Nc4ccc(F)cc4)c(F)c3)C2=S)cc1C. The largest absolute Gasteiger partial charge is 0.360 e. The molecule has 180 valence electrons. The van der Waals surface area contributed by atoms with Gasteiger partial charge in [0.2, 0.25) is 0 Å². The number of halogens is 2. The number of hydrogen-bond acceptors (Lipinski definition) is 4. The minimum absolute atomic E-state index is 0.180. The van der Waals surface area contributed by atoms with E-state index in [2.05, 4.69) is 15.1 Å². The van der Waals surface area contributed by atoms with Crippen LogP contribution in [0.2, 0.25) is 0 Å². The van der Waals surface area contributed by atoms with E-state index in [9.17, 15) is 14.0 Å². The van der Waals surface area contributed by atoms with Crippen LogP contribution in [0.1, 0.15) is 35.2 Å². The smallest absolute Gasteiger partial charge is 0.272 e. The minimum Gasteiger partial charge on any atom is -0.360 e. The van der Waals surface area contributed by atoms with E-state index in [-0.39, 0.29) is 22.4 Å². The van der Waals surface area contributed by atoms with E-state index in [1.54, 1.807) is 24.0 Å². The fourth-order valence-electron chi connectivity index (χ4n) is 4.56. The van der Waals surface area contributed by atoms with Gasteiger partial charge in [-0.15, -0.1) is 4.98 Å². The molecule has 1 N–H and O–H groups in total. The molecule has 1 aliphatic heterocycles. The number of rotatable bonds is 4. The van der Waals surface area contributed by atoms with Gasteiger partial charge in [0.25, 0.3) is 17.6 Å². The lowest BCUT2D eigenvalue weighted by molar-refractivity contribution is -0.123. The molecule has 36 heavy (non-hydrogen) atoms. The van der Waals surface area contributed by atoms with E-state index in [1.807, 2.05) is 0 Å². The highest BCUT2D eigenvalue weighted by Gasteiger charge is 2.59. The van der Waals surface area contributed by atoms with Crippen LogP contribution in [0.3, 0.4) is 0 Å². The fraction of sp³-hybridized carbons (Fsp3) is 0.192. The Morgan fingerprint density at radius 2 is 1.86 bits per heavy atom. The van der Waals surface area contributed by atoms with Crippen molar-refractivity contribution in [2.45, 2.75) is 31.7 Å². The third-order valence-corrected chi connectivity index (χ3v) is 6.92. The van der Waals surface area contributed by atoms with Gasteiger partial charge in [0, 0.05) is 11.4 Å². The summed E-state index contributed by atoms with van der Waals surface area (Å²) in [5, 5.41) is 2.72. The molecule has 3 aromatic rings. The number of anilines is 3. The number of hydrogen-bond donors (Lipinski definition) is 1. The molecule has 0 unspecified atom stereocenters. The van der Waals surface area contributed by atoms with Crippen molar-refractivity contribution in [3.05, 3.63) is 88.9 Å². The van der Waals surface area contributed by atoms with Crippen LogP contribution in [0, 0.1) is 25.1 Å². The zero-order valence-corrected chi connectivity index (χ0v) is 19.9. The van der Waals surface area contributed by atoms with Gasteiger partial charge in [0.15, 0.2) is 5.11 Å². The van der Waals surface area contributed by atoms with Crippen LogP contribution in [-0.4, -0.2) is 27.4 Å². The average molecular weight is 504 g/mol. The average Bonchev–Trinajstić information content (AvgIpc) is 3.07. The van der Waals surface area contributed by atoms with Gasteiger partial charge in [-0.2, -0.15) is 0 Å². The van der Waals surface area contributed by atoms with Crippen LogP contribution in [0.15, 0.2) is 54.7 Å². The van der Waals surface area contributed by atoms with E-state index < -0.39 is 23.1 Å². The molecule has 0 atom stereocenters. The number of benzene rings is 2. The Morgan fingerprint density at radius 3 is 2.44 bits per heavy atom. The quantitative estimate of drug-likeness (QED) is 0.374. The molecule has 2 amide bonds. The lowest BCUT2D eigenvalue weighted by atomic mass is 9.75. The summed E-state index contributed by atoms with van der Waals surface area (Å²) in [6.07, 6.45) is 3.34. The van der Waals surface area contributed by atoms with Crippen LogP contribution in [0.25, 0.3) is 4.85 Å². The van der Waals surface area contributed by atoms with Crippen LogP contribution < -0.4 is 15.1 Å². The first-order valence-electron chi connectivity index (χ1n) is 11.1. The third-order valence-electron chi connectivity index (χ3n) is 6.55. The Bertz CT molecular complexity index is 1460. The van der Waals surface area contributed by atoms with Crippen molar-refractivity contribution >= 4 is 52.0 Å². The fourth-order valence-corrected chi connectivity index (χ4v) is 5.03. The van der Waals surface area contributed by atoms with Gasteiger partial charge in [-0.1, -0.05) is 6.57 Å². The van der Waals surface area contributed by atoms with E-state index >= 15 is 4.39 Å². The lowest BCUT2D eigenvalue weighted by Crippen LogP contribution is -2.55. The molecule has 1 aliphatic carbocycles. The summed E-state index contributed by atoms with van der Waals surface area (Å²) in [6.45, 7) is 8.93. The van der Waals surface area contributed by atoms with Crippen LogP contribution in [0.4, 0.5) is 31.7 Å². The molecule has 5 rings (SSSR count). The van der Waals surface area contributed by atoms with Crippen molar-refractivity contribution in [1.82, 2.24) is 4.98 Å². The second-order valence-electron chi connectivity index (χ2n) is 8.71. The Morgan fingerprint density at radius 1 is 1.14 bits per heavy atom. The van der Waals surface area contributed by atoms with E-state index in [1.165, 1.54) is 47.5 Å². The molecule has 2 heterocycles. The molecule has 10 heteroatoms. The molecule has 0 bridgehead atoms. The Balaban J connectivity index is 1.46. The zero-order valence-electron chi connectivity index (χ0n) is 19.1. The molecule has 2 aliphatic rings. The van der Waals surface area contributed by atoms with Gasteiger partial charge in [0.1, 0.15) is 23.4 Å². The van der Waals surface area contributed by atoms with E-state index in [0.717, 1.165) is 6.42 Å². The molecular weight excluding hydrogens is 484 g/mol. The molecule has 1 spiro atoms. The summed E-state index contributed by atoms with van der Waals surface area (Å²) >= 11 is 5.69. The van der Waals surface area contributed by atoms with Gasteiger partial charge in [-0.3, -0.25) is 14.5 Å².